The standard InChI is InChI=1S/C24H26N4O/c1-18(19-7-3-2-4-8-19)26-23-17-20(13-14-25-23)24(29)27-21-9-11-22(12-10-21)28-15-5-6-16-28/h2-4,7-14,17-18H,5-6,15-16H2,1H3,(H,25,26)(H,27,29). The molecule has 1 amide bonds. The van der Waals surface area contributed by atoms with E-state index in [9.17, 15) is 4.79 Å². The lowest BCUT2D eigenvalue weighted by molar-refractivity contribution is 0.102. The van der Waals surface area contributed by atoms with Gasteiger partial charge >= 0.3 is 0 Å². The highest BCUT2D eigenvalue weighted by atomic mass is 16.1. The van der Waals surface area contributed by atoms with Crippen molar-refractivity contribution in [3.63, 3.8) is 0 Å². The number of amides is 1. The topological polar surface area (TPSA) is 57.3 Å². The first-order chi connectivity index (χ1) is 14.2. The Kier molecular flexibility index (Phi) is 5.75. The van der Waals surface area contributed by atoms with Crippen molar-refractivity contribution in [1.29, 1.82) is 0 Å². The number of hydrogen-bond acceptors (Lipinski definition) is 4. The molecule has 1 unspecified atom stereocenters. The highest BCUT2D eigenvalue weighted by Crippen LogP contribution is 2.23. The summed E-state index contributed by atoms with van der Waals surface area (Å²) in [5, 5.41) is 6.33. The van der Waals surface area contributed by atoms with Crippen LogP contribution in [-0.2, 0) is 0 Å². The van der Waals surface area contributed by atoms with E-state index in [1.54, 1.807) is 18.3 Å². The molecule has 1 saturated heterocycles. The van der Waals surface area contributed by atoms with Crippen LogP contribution in [0.3, 0.4) is 0 Å². The fourth-order valence-electron chi connectivity index (χ4n) is 3.63. The minimum absolute atomic E-state index is 0.0974. The Labute approximate surface area is 171 Å². The van der Waals surface area contributed by atoms with Crippen LogP contribution in [0, 0.1) is 0 Å². The predicted molar refractivity (Wildman–Crippen MR) is 119 cm³/mol. The number of carbonyl (C=O) groups excluding carboxylic acids is 1. The van der Waals surface area contributed by atoms with Crippen LogP contribution in [0.5, 0.6) is 0 Å². The van der Waals surface area contributed by atoms with Crippen molar-refractivity contribution in [3.05, 3.63) is 84.1 Å². The summed E-state index contributed by atoms with van der Waals surface area (Å²) in [7, 11) is 0. The summed E-state index contributed by atoms with van der Waals surface area (Å²) in [5.74, 6) is 0.537. The van der Waals surface area contributed by atoms with Crippen LogP contribution in [0.2, 0.25) is 0 Å². The smallest absolute Gasteiger partial charge is 0.255 e. The molecule has 2 heterocycles. The molecule has 1 aromatic heterocycles. The lowest BCUT2D eigenvalue weighted by Gasteiger charge is -2.18. The van der Waals surface area contributed by atoms with Crippen LogP contribution >= 0.6 is 0 Å². The van der Waals surface area contributed by atoms with Gasteiger partial charge in [-0.25, -0.2) is 4.98 Å². The Bertz CT molecular complexity index is 950. The van der Waals surface area contributed by atoms with E-state index >= 15 is 0 Å². The molecule has 4 rings (SSSR count). The van der Waals surface area contributed by atoms with Crippen LogP contribution in [-0.4, -0.2) is 24.0 Å². The lowest BCUT2D eigenvalue weighted by Crippen LogP contribution is -2.17. The van der Waals surface area contributed by atoms with E-state index in [1.165, 1.54) is 24.1 Å². The fraction of sp³-hybridized carbons (Fsp3) is 0.250. The molecule has 1 aliphatic rings. The molecular weight excluding hydrogens is 360 g/mol. The first-order valence-corrected chi connectivity index (χ1v) is 10.1. The van der Waals surface area contributed by atoms with E-state index in [4.69, 9.17) is 0 Å². The largest absolute Gasteiger partial charge is 0.372 e. The van der Waals surface area contributed by atoms with E-state index in [2.05, 4.69) is 51.7 Å². The average molecular weight is 386 g/mol. The number of aromatic nitrogens is 1. The van der Waals surface area contributed by atoms with Crippen LogP contribution < -0.4 is 15.5 Å². The molecule has 1 fully saturated rings. The first kappa shape index (κ1) is 19.0. The number of benzene rings is 2. The second-order valence-corrected chi connectivity index (χ2v) is 7.40. The second kappa shape index (κ2) is 8.78. The Morgan fingerprint density at radius 3 is 2.45 bits per heavy atom. The number of nitrogens with one attached hydrogen (secondary N) is 2. The normalized spacial score (nSPS) is 14.4. The van der Waals surface area contributed by atoms with Crippen LogP contribution in [0.15, 0.2) is 72.9 Å². The van der Waals surface area contributed by atoms with Gasteiger partial charge < -0.3 is 15.5 Å². The van der Waals surface area contributed by atoms with E-state index < -0.39 is 0 Å². The van der Waals surface area contributed by atoms with E-state index in [0.717, 1.165) is 18.8 Å². The molecule has 2 aromatic carbocycles. The summed E-state index contributed by atoms with van der Waals surface area (Å²) in [6.07, 6.45) is 4.16. The van der Waals surface area contributed by atoms with E-state index in [1.807, 2.05) is 30.3 Å². The second-order valence-electron chi connectivity index (χ2n) is 7.40. The number of pyridine rings is 1. The summed E-state index contributed by atoms with van der Waals surface area (Å²) in [5.41, 5.74) is 3.75. The third-order valence-corrected chi connectivity index (χ3v) is 5.28. The van der Waals surface area contributed by atoms with Gasteiger partial charge in [-0.2, -0.15) is 0 Å². The highest BCUT2D eigenvalue weighted by molar-refractivity contribution is 6.04. The average Bonchev–Trinajstić information content (AvgIpc) is 3.30. The highest BCUT2D eigenvalue weighted by Gasteiger charge is 2.13. The maximum atomic E-state index is 12.7. The number of hydrogen-bond donors (Lipinski definition) is 2. The van der Waals surface area contributed by atoms with Crippen molar-refractivity contribution in [3.8, 4) is 0 Å². The molecule has 0 spiro atoms. The summed E-state index contributed by atoms with van der Waals surface area (Å²) >= 11 is 0. The number of rotatable bonds is 6. The summed E-state index contributed by atoms with van der Waals surface area (Å²) in [6, 6.07) is 21.8. The van der Waals surface area contributed by atoms with Gasteiger partial charge in [0.05, 0.1) is 0 Å². The third-order valence-electron chi connectivity index (χ3n) is 5.28. The Morgan fingerprint density at radius 2 is 1.72 bits per heavy atom. The van der Waals surface area contributed by atoms with Crippen molar-refractivity contribution in [1.82, 2.24) is 4.98 Å². The molecule has 0 saturated carbocycles. The quantitative estimate of drug-likeness (QED) is 0.618. The van der Waals surface area contributed by atoms with Gasteiger partial charge in [0, 0.05) is 42.3 Å². The van der Waals surface area contributed by atoms with Gasteiger partial charge in [-0.1, -0.05) is 30.3 Å². The summed E-state index contributed by atoms with van der Waals surface area (Å²) in [4.78, 5) is 19.4. The maximum Gasteiger partial charge on any atom is 0.255 e. The van der Waals surface area contributed by atoms with Gasteiger partial charge in [0.1, 0.15) is 5.82 Å². The fourth-order valence-corrected chi connectivity index (χ4v) is 3.63. The van der Waals surface area contributed by atoms with E-state index in [0.29, 0.717) is 11.4 Å². The van der Waals surface area contributed by atoms with Gasteiger partial charge in [-0.15, -0.1) is 0 Å². The van der Waals surface area contributed by atoms with Crippen LogP contribution in [0.25, 0.3) is 0 Å². The van der Waals surface area contributed by atoms with Crippen molar-refractivity contribution >= 4 is 23.1 Å². The SMILES string of the molecule is CC(Nc1cc(C(=O)Nc2ccc(N3CCCC3)cc2)ccn1)c1ccccc1. The van der Waals surface area contributed by atoms with Crippen molar-refractivity contribution < 1.29 is 4.79 Å². The molecule has 3 aromatic rings. The molecule has 29 heavy (non-hydrogen) atoms. The van der Waals surface area contributed by atoms with Crippen molar-refractivity contribution in [2.45, 2.75) is 25.8 Å². The summed E-state index contributed by atoms with van der Waals surface area (Å²) in [6.45, 7) is 4.30. The van der Waals surface area contributed by atoms with Gasteiger partial charge in [-0.05, 0) is 61.7 Å². The van der Waals surface area contributed by atoms with Gasteiger partial charge in [-0.3, -0.25) is 4.79 Å². The Morgan fingerprint density at radius 1 is 1.00 bits per heavy atom. The zero-order valence-electron chi connectivity index (χ0n) is 16.6. The zero-order chi connectivity index (χ0) is 20.1. The first-order valence-electron chi connectivity index (χ1n) is 10.1. The molecule has 1 atom stereocenters. The van der Waals surface area contributed by atoms with Crippen molar-refractivity contribution in [2.75, 3.05) is 28.6 Å². The Balaban J connectivity index is 1.40. The number of nitrogens with zero attached hydrogens (tertiary/aromatic N) is 2. The zero-order valence-corrected chi connectivity index (χ0v) is 16.6. The molecule has 0 radical (unpaired) electrons. The molecule has 148 valence electrons. The monoisotopic (exact) mass is 386 g/mol. The van der Waals surface area contributed by atoms with Gasteiger partial charge in [0.15, 0.2) is 0 Å². The molecular formula is C24H26N4O. The molecule has 5 heteroatoms. The summed E-state index contributed by atoms with van der Waals surface area (Å²) < 4.78 is 0. The predicted octanol–water partition coefficient (Wildman–Crippen LogP) is 5.11. The number of anilines is 3. The van der Waals surface area contributed by atoms with Crippen LogP contribution in [0.4, 0.5) is 17.2 Å². The lowest BCUT2D eigenvalue weighted by atomic mass is 10.1. The molecule has 1 aliphatic heterocycles. The molecule has 2 N–H and O–H groups in total. The van der Waals surface area contributed by atoms with Gasteiger partial charge in [0.2, 0.25) is 0 Å². The minimum Gasteiger partial charge on any atom is -0.372 e. The minimum atomic E-state index is -0.142. The molecule has 5 nitrogen and oxygen atoms in total. The number of carbonyl (C=O) groups is 1. The molecule has 0 aliphatic carbocycles. The van der Waals surface area contributed by atoms with Crippen LogP contribution in [0.1, 0.15) is 41.7 Å². The Hall–Kier alpha value is -3.34. The molecule has 0 bridgehead atoms. The van der Waals surface area contributed by atoms with Crippen molar-refractivity contribution in [2.24, 2.45) is 0 Å². The van der Waals surface area contributed by atoms with E-state index in [-0.39, 0.29) is 11.9 Å². The maximum absolute atomic E-state index is 12.7. The van der Waals surface area contributed by atoms with Gasteiger partial charge in [0.25, 0.3) is 5.91 Å². The third kappa shape index (κ3) is 4.74.